The number of allylic oxidation sites excluding steroid dienone is 4. The second kappa shape index (κ2) is 8.30. The van der Waals surface area contributed by atoms with Crippen molar-refractivity contribution in [1.29, 1.82) is 0 Å². The molecule has 0 amide bonds. The highest BCUT2D eigenvalue weighted by molar-refractivity contribution is 8.05. The van der Waals surface area contributed by atoms with Crippen molar-refractivity contribution < 1.29 is 0 Å². The Morgan fingerprint density at radius 1 is 0.824 bits per heavy atom. The fourth-order valence-corrected chi connectivity index (χ4v) is 21.0. The Kier molecular flexibility index (Phi) is 5.55. The third-order valence-electron chi connectivity index (χ3n) is 10.5. The summed E-state index contributed by atoms with van der Waals surface area (Å²) in [5, 5.41) is 3.21. The third-order valence-corrected chi connectivity index (χ3v) is 20.1. The van der Waals surface area contributed by atoms with Gasteiger partial charge in [0.25, 0.3) is 0 Å². The van der Waals surface area contributed by atoms with Crippen molar-refractivity contribution in [1.82, 2.24) is 0 Å². The number of thiophene rings is 1. The van der Waals surface area contributed by atoms with E-state index in [1.165, 1.54) is 42.2 Å². The number of thioether (sulfide) groups is 2. The molecule has 8 unspecified atom stereocenters. The molecule has 0 radical (unpaired) electrons. The minimum absolute atomic E-state index is 0.812. The molecule has 0 nitrogen and oxygen atoms in total. The van der Waals surface area contributed by atoms with Crippen molar-refractivity contribution >= 4 is 53.0 Å². The predicted molar refractivity (Wildman–Crippen MR) is 157 cm³/mol. The summed E-state index contributed by atoms with van der Waals surface area (Å²) in [5.41, 5.74) is 2.00. The van der Waals surface area contributed by atoms with Gasteiger partial charge in [-0.2, -0.15) is 0 Å². The van der Waals surface area contributed by atoms with Gasteiger partial charge in [0.1, 0.15) is 0 Å². The van der Waals surface area contributed by atoms with Crippen LogP contribution in [0.2, 0.25) is 24.2 Å². The summed E-state index contributed by atoms with van der Waals surface area (Å²) in [6, 6.07) is 11.6. The summed E-state index contributed by atoms with van der Waals surface area (Å²) in [5.74, 6) is 4.38. The molecule has 2 aromatic rings. The van der Waals surface area contributed by atoms with Crippen LogP contribution in [0.15, 0.2) is 52.3 Å². The molecule has 1 aromatic heterocycles. The molecule has 1 aromatic carbocycles. The number of fused-ring (bicyclic) bond motifs is 5. The Hall–Kier alpha value is -0.423. The molecule has 8 atom stereocenters. The fraction of sp³-hybridized carbons (Fsp3) is 0.600. The van der Waals surface area contributed by atoms with E-state index in [1.54, 1.807) is 14.7 Å². The van der Waals surface area contributed by atoms with Crippen LogP contribution in [0.1, 0.15) is 56.7 Å². The molecule has 0 bridgehead atoms. The van der Waals surface area contributed by atoms with Gasteiger partial charge in [-0.15, -0.1) is 34.9 Å². The van der Waals surface area contributed by atoms with Crippen molar-refractivity contribution in [3.8, 4) is 0 Å². The van der Waals surface area contributed by atoms with Gasteiger partial charge in [-0.05, 0) is 94.7 Å². The van der Waals surface area contributed by atoms with Crippen LogP contribution >= 0.6 is 34.9 Å². The summed E-state index contributed by atoms with van der Waals surface area (Å²) in [6.07, 6.45) is 12.8. The molecule has 180 valence electrons. The predicted octanol–water partition coefficient (Wildman–Crippen LogP) is 9.93. The van der Waals surface area contributed by atoms with Gasteiger partial charge in [0.15, 0.2) is 0 Å². The van der Waals surface area contributed by atoms with Crippen molar-refractivity contribution in [3.05, 3.63) is 57.2 Å². The fourth-order valence-electron chi connectivity index (χ4n) is 9.23. The van der Waals surface area contributed by atoms with Crippen LogP contribution in [0.25, 0.3) is 10.1 Å². The van der Waals surface area contributed by atoms with Gasteiger partial charge in [-0.1, -0.05) is 62.7 Å². The van der Waals surface area contributed by atoms with Gasteiger partial charge in [-0.25, -0.2) is 0 Å². The first-order valence-electron chi connectivity index (χ1n) is 13.6. The Bertz CT molecular complexity index is 1110. The normalized spacial score (nSPS) is 41.4. The molecule has 7 rings (SSSR count). The van der Waals surface area contributed by atoms with Crippen molar-refractivity contribution in [3.63, 3.8) is 0 Å². The lowest BCUT2D eigenvalue weighted by Crippen LogP contribution is -2.46. The zero-order valence-electron chi connectivity index (χ0n) is 21.0. The lowest BCUT2D eigenvalue weighted by Gasteiger charge is -2.46. The minimum atomic E-state index is -1.44. The summed E-state index contributed by atoms with van der Waals surface area (Å²) < 4.78 is 1.49. The summed E-state index contributed by atoms with van der Waals surface area (Å²) >= 11 is 6.65. The Morgan fingerprint density at radius 3 is 2.24 bits per heavy atom. The molecular weight excluding hydrogens is 485 g/mol. The number of benzene rings is 1. The van der Waals surface area contributed by atoms with Gasteiger partial charge in [0, 0.05) is 20.1 Å². The minimum Gasteiger partial charge on any atom is -0.140 e. The molecule has 3 heterocycles. The smallest absolute Gasteiger partial charge is 0.0563 e. The molecule has 3 fully saturated rings. The number of rotatable bonds is 3. The highest BCUT2D eigenvalue weighted by Crippen LogP contribution is 2.68. The quantitative estimate of drug-likeness (QED) is 0.368. The summed E-state index contributed by atoms with van der Waals surface area (Å²) in [7, 11) is -1.44. The first-order chi connectivity index (χ1) is 16.4. The van der Waals surface area contributed by atoms with E-state index in [0.29, 0.717) is 0 Å². The first-order valence-corrected chi connectivity index (χ1v) is 19.3. The van der Waals surface area contributed by atoms with E-state index in [0.717, 1.165) is 51.2 Å². The van der Waals surface area contributed by atoms with Gasteiger partial charge >= 0.3 is 0 Å². The van der Waals surface area contributed by atoms with Gasteiger partial charge in [0.2, 0.25) is 0 Å². The molecule has 4 heteroatoms. The highest BCUT2D eigenvalue weighted by Gasteiger charge is 2.62. The largest absolute Gasteiger partial charge is 0.140 e. The van der Waals surface area contributed by atoms with E-state index in [2.05, 4.69) is 104 Å². The lowest BCUT2D eigenvalue weighted by atomic mass is 9.73. The third kappa shape index (κ3) is 3.37. The van der Waals surface area contributed by atoms with E-state index >= 15 is 0 Å². The summed E-state index contributed by atoms with van der Waals surface area (Å²) in [4.78, 5) is 4.92. The van der Waals surface area contributed by atoms with Crippen LogP contribution < -0.4 is 0 Å². The maximum absolute atomic E-state index is 2.84. The summed E-state index contributed by atoms with van der Waals surface area (Å²) in [6.45, 7) is 10.4. The molecule has 0 N–H and O–H groups in total. The van der Waals surface area contributed by atoms with Crippen LogP contribution in [-0.4, -0.2) is 18.6 Å². The van der Waals surface area contributed by atoms with Gasteiger partial charge in [0.05, 0.1) is 8.07 Å². The molecule has 0 spiro atoms. The molecule has 5 aliphatic rings. The zero-order chi connectivity index (χ0) is 23.2. The average Bonchev–Trinajstić information content (AvgIpc) is 3.59. The molecular formula is C30H38S3Si. The molecule has 0 saturated heterocycles. The zero-order valence-corrected chi connectivity index (χ0v) is 24.4. The SMILES string of the molecule is CC1=CC2C3C=C(C)SC3C([Si](C)(C)C3CCC4C(c5cc6ccccc6s5)CCCC43)C2S1. The Balaban J connectivity index is 1.19. The second-order valence-corrected chi connectivity index (χ2v) is 21.5. The lowest BCUT2D eigenvalue weighted by molar-refractivity contribution is 0.238. The monoisotopic (exact) mass is 522 g/mol. The number of hydrogen-bond acceptors (Lipinski definition) is 3. The second-order valence-electron chi connectivity index (χ2n) is 12.5. The highest BCUT2D eigenvalue weighted by atomic mass is 32.2. The average molecular weight is 523 g/mol. The van der Waals surface area contributed by atoms with Crippen LogP contribution in [0.3, 0.4) is 0 Å². The van der Waals surface area contributed by atoms with Crippen LogP contribution in [-0.2, 0) is 0 Å². The van der Waals surface area contributed by atoms with E-state index in [9.17, 15) is 0 Å². The Morgan fingerprint density at radius 2 is 1.53 bits per heavy atom. The van der Waals surface area contributed by atoms with Crippen LogP contribution in [0.5, 0.6) is 0 Å². The topological polar surface area (TPSA) is 0 Å². The molecule has 3 aliphatic carbocycles. The molecule has 34 heavy (non-hydrogen) atoms. The van der Waals surface area contributed by atoms with E-state index in [1.807, 2.05) is 0 Å². The standard InChI is InChI=1S/C30H38S3Si/c1-17-14-23-24-15-18(2)32-29(24)30(28(23)31-17)34(3,4)27-13-12-20-21(9-7-10-22(20)27)26-16-19-8-5-6-11-25(19)33-26/h5-6,8,11,14-16,20-24,27-30H,7,9-10,12-13H2,1-4H3. The Labute approximate surface area is 219 Å². The van der Waals surface area contributed by atoms with E-state index < -0.39 is 8.07 Å². The van der Waals surface area contributed by atoms with Crippen LogP contribution in [0, 0.1) is 23.7 Å². The van der Waals surface area contributed by atoms with Crippen molar-refractivity contribution in [2.24, 2.45) is 23.7 Å². The number of hydrogen-bond donors (Lipinski definition) is 0. The maximum Gasteiger partial charge on any atom is 0.0563 e. The first kappa shape index (κ1) is 22.7. The van der Waals surface area contributed by atoms with Crippen molar-refractivity contribution in [2.75, 3.05) is 0 Å². The van der Waals surface area contributed by atoms with Crippen molar-refractivity contribution in [2.45, 2.75) is 86.5 Å². The van der Waals surface area contributed by atoms with E-state index in [4.69, 9.17) is 0 Å². The van der Waals surface area contributed by atoms with Gasteiger partial charge in [-0.3, -0.25) is 0 Å². The van der Waals surface area contributed by atoms with Crippen LogP contribution in [0.4, 0.5) is 0 Å². The maximum atomic E-state index is 2.84. The molecule has 3 saturated carbocycles. The van der Waals surface area contributed by atoms with E-state index in [-0.39, 0.29) is 0 Å². The molecule has 2 aliphatic heterocycles. The van der Waals surface area contributed by atoms with Gasteiger partial charge < -0.3 is 0 Å².